The van der Waals surface area contributed by atoms with Gasteiger partial charge in [0.1, 0.15) is 0 Å². The molecule has 1 aliphatic heterocycles. The number of anilines is 1. The van der Waals surface area contributed by atoms with E-state index in [1.54, 1.807) is 6.92 Å². The molecule has 22 heavy (non-hydrogen) atoms. The SMILES string of the molecule is CCc1ccc(NC(=O)CN2CCCN(C(C)=O)CC2)cc1. The van der Waals surface area contributed by atoms with Crippen molar-refractivity contribution in [1.29, 1.82) is 0 Å². The van der Waals surface area contributed by atoms with Gasteiger partial charge in [-0.25, -0.2) is 0 Å². The van der Waals surface area contributed by atoms with Crippen LogP contribution in [0.15, 0.2) is 24.3 Å². The minimum absolute atomic E-state index is 0.000485. The average molecular weight is 303 g/mol. The smallest absolute Gasteiger partial charge is 0.238 e. The van der Waals surface area contributed by atoms with Gasteiger partial charge in [0.2, 0.25) is 11.8 Å². The molecule has 1 aromatic rings. The van der Waals surface area contributed by atoms with Crippen LogP contribution in [0.1, 0.15) is 25.8 Å². The van der Waals surface area contributed by atoms with E-state index in [1.807, 2.05) is 29.2 Å². The number of carbonyl (C=O) groups is 2. The van der Waals surface area contributed by atoms with E-state index < -0.39 is 0 Å². The van der Waals surface area contributed by atoms with Crippen LogP contribution >= 0.6 is 0 Å². The number of rotatable bonds is 4. The van der Waals surface area contributed by atoms with Crippen LogP contribution < -0.4 is 5.32 Å². The lowest BCUT2D eigenvalue weighted by Gasteiger charge is -2.20. The number of hydrogen-bond donors (Lipinski definition) is 1. The fourth-order valence-corrected chi connectivity index (χ4v) is 2.67. The number of amides is 2. The van der Waals surface area contributed by atoms with Crippen LogP contribution in [0.3, 0.4) is 0 Å². The number of hydrogen-bond acceptors (Lipinski definition) is 3. The third kappa shape index (κ3) is 4.84. The molecule has 0 aromatic heterocycles. The molecular weight excluding hydrogens is 278 g/mol. The Bertz CT molecular complexity index is 513. The Morgan fingerprint density at radius 1 is 1.09 bits per heavy atom. The zero-order valence-electron chi connectivity index (χ0n) is 13.5. The summed E-state index contributed by atoms with van der Waals surface area (Å²) < 4.78 is 0. The van der Waals surface area contributed by atoms with Crippen molar-refractivity contribution in [3.8, 4) is 0 Å². The molecule has 2 amide bonds. The Morgan fingerprint density at radius 3 is 2.45 bits per heavy atom. The summed E-state index contributed by atoms with van der Waals surface area (Å²) >= 11 is 0. The van der Waals surface area contributed by atoms with Gasteiger partial charge in [0.05, 0.1) is 6.54 Å². The summed E-state index contributed by atoms with van der Waals surface area (Å²) in [7, 11) is 0. The molecule has 120 valence electrons. The molecule has 0 atom stereocenters. The third-order valence-corrected chi connectivity index (χ3v) is 4.05. The summed E-state index contributed by atoms with van der Waals surface area (Å²) in [4.78, 5) is 27.5. The number of benzene rings is 1. The molecule has 5 nitrogen and oxygen atoms in total. The quantitative estimate of drug-likeness (QED) is 0.922. The molecule has 1 heterocycles. The molecule has 1 N–H and O–H groups in total. The minimum atomic E-state index is 0.000485. The molecule has 0 aliphatic carbocycles. The summed E-state index contributed by atoms with van der Waals surface area (Å²) in [5.74, 6) is 0.114. The highest BCUT2D eigenvalue weighted by molar-refractivity contribution is 5.92. The van der Waals surface area contributed by atoms with Crippen LogP contribution in [0.4, 0.5) is 5.69 Å². The monoisotopic (exact) mass is 303 g/mol. The number of nitrogens with one attached hydrogen (secondary N) is 1. The van der Waals surface area contributed by atoms with Gasteiger partial charge in [0.25, 0.3) is 0 Å². The fourth-order valence-electron chi connectivity index (χ4n) is 2.67. The maximum absolute atomic E-state index is 12.1. The number of carbonyl (C=O) groups excluding carboxylic acids is 2. The van der Waals surface area contributed by atoms with Gasteiger partial charge < -0.3 is 10.2 Å². The Balaban J connectivity index is 1.82. The molecule has 1 fully saturated rings. The predicted molar refractivity (Wildman–Crippen MR) is 87.8 cm³/mol. The summed E-state index contributed by atoms with van der Waals surface area (Å²) in [5.41, 5.74) is 2.09. The molecule has 0 saturated carbocycles. The van der Waals surface area contributed by atoms with Gasteiger partial charge in [0, 0.05) is 38.8 Å². The van der Waals surface area contributed by atoms with E-state index in [-0.39, 0.29) is 11.8 Å². The van der Waals surface area contributed by atoms with Gasteiger partial charge in [-0.2, -0.15) is 0 Å². The number of aryl methyl sites for hydroxylation is 1. The molecule has 1 saturated heterocycles. The summed E-state index contributed by atoms with van der Waals surface area (Å²) in [6.07, 6.45) is 1.91. The third-order valence-electron chi connectivity index (χ3n) is 4.05. The van der Waals surface area contributed by atoms with E-state index in [0.29, 0.717) is 13.1 Å². The molecular formula is C17H25N3O2. The molecule has 0 unspecified atom stereocenters. The highest BCUT2D eigenvalue weighted by Crippen LogP contribution is 2.10. The summed E-state index contributed by atoms with van der Waals surface area (Å²) in [6.45, 7) is 7.17. The van der Waals surface area contributed by atoms with Crippen molar-refractivity contribution < 1.29 is 9.59 Å². The van der Waals surface area contributed by atoms with Crippen molar-refractivity contribution in [2.24, 2.45) is 0 Å². The Hall–Kier alpha value is -1.88. The topological polar surface area (TPSA) is 52.7 Å². The van der Waals surface area contributed by atoms with Crippen molar-refractivity contribution >= 4 is 17.5 Å². The fraction of sp³-hybridized carbons (Fsp3) is 0.529. The first-order chi connectivity index (χ1) is 10.6. The van der Waals surface area contributed by atoms with Gasteiger partial charge >= 0.3 is 0 Å². The van der Waals surface area contributed by atoms with E-state index in [1.165, 1.54) is 5.56 Å². The Labute approximate surface area is 132 Å². The zero-order valence-corrected chi connectivity index (χ0v) is 13.5. The van der Waals surface area contributed by atoms with E-state index >= 15 is 0 Å². The van der Waals surface area contributed by atoms with Crippen LogP contribution in [-0.2, 0) is 16.0 Å². The predicted octanol–water partition coefficient (Wildman–Crippen LogP) is 1.74. The van der Waals surface area contributed by atoms with Gasteiger partial charge in [-0.3, -0.25) is 14.5 Å². The normalized spacial score (nSPS) is 16.2. The molecule has 1 aliphatic rings. The zero-order chi connectivity index (χ0) is 15.9. The molecule has 0 radical (unpaired) electrons. The number of nitrogens with zero attached hydrogens (tertiary/aromatic N) is 2. The first-order valence-electron chi connectivity index (χ1n) is 7.95. The highest BCUT2D eigenvalue weighted by Gasteiger charge is 2.18. The maximum Gasteiger partial charge on any atom is 0.238 e. The van der Waals surface area contributed by atoms with Crippen molar-refractivity contribution in [3.63, 3.8) is 0 Å². The van der Waals surface area contributed by atoms with E-state index in [9.17, 15) is 9.59 Å². The maximum atomic E-state index is 12.1. The first-order valence-corrected chi connectivity index (χ1v) is 7.95. The lowest BCUT2D eigenvalue weighted by molar-refractivity contribution is -0.128. The summed E-state index contributed by atoms with van der Waals surface area (Å²) in [5, 5.41) is 2.93. The summed E-state index contributed by atoms with van der Waals surface area (Å²) in [6, 6.07) is 7.95. The molecule has 0 bridgehead atoms. The highest BCUT2D eigenvalue weighted by atomic mass is 16.2. The van der Waals surface area contributed by atoms with Gasteiger partial charge in [-0.15, -0.1) is 0 Å². The first kappa shape index (κ1) is 16.5. The van der Waals surface area contributed by atoms with Crippen molar-refractivity contribution in [3.05, 3.63) is 29.8 Å². The van der Waals surface area contributed by atoms with E-state index in [4.69, 9.17) is 0 Å². The van der Waals surface area contributed by atoms with Gasteiger partial charge in [0.15, 0.2) is 0 Å². The standard InChI is InChI=1S/C17H25N3O2/c1-3-15-5-7-16(8-6-15)18-17(22)13-19-9-4-10-20(12-11-19)14(2)21/h5-8H,3-4,9-13H2,1-2H3,(H,18,22). The molecule has 5 heteroatoms. The lowest BCUT2D eigenvalue weighted by atomic mass is 10.1. The van der Waals surface area contributed by atoms with Crippen molar-refractivity contribution in [2.75, 3.05) is 38.0 Å². The van der Waals surface area contributed by atoms with Crippen LogP contribution in [0, 0.1) is 0 Å². The van der Waals surface area contributed by atoms with Crippen molar-refractivity contribution in [2.45, 2.75) is 26.7 Å². The van der Waals surface area contributed by atoms with Crippen LogP contribution in [0.25, 0.3) is 0 Å². The Morgan fingerprint density at radius 2 is 1.82 bits per heavy atom. The molecule has 1 aromatic carbocycles. The second kappa shape index (κ2) is 7.94. The molecule has 2 rings (SSSR count). The van der Waals surface area contributed by atoms with Crippen LogP contribution in [0.2, 0.25) is 0 Å². The second-order valence-corrected chi connectivity index (χ2v) is 5.73. The van der Waals surface area contributed by atoms with Gasteiger partial charge in [-0.1, -0.05) is 19.1 Å². The minimum Gasteiger partial charge on any atom is -0.342 e. The van der Waals surface area contributed by atoms with Crippen LogP contribution in [-0.4, -0.2) is 54.3 Å². The Kier molecular flexibility index (Phi) is 5.95. The second-order valence-electron chi connectivity index (χ2n) is 5.73. The average Bonchev–Trinajstić information content (AvgIpc) is 2.73. The molecule has 0 spiro atoms. The van der Waals surface area contributed by atoms with Gasteiger partial charge in [-0.05, 0) is 30.5 Å². The van der Waals surface area contributed by atoms with E-state index in [2.05, 4.69) is 17.1 Å². The largest absolute Gasteiger partial charge is 0.342 e. The van der Waals surface area contributed by atoms with E-state index in [0.717, 1.165) is 38.2 Å². The van der Waals surface area contributed by atoms with Crippen molar-refractivity contribution in [1.82, 2.24) is 9.80 Å². The van der Waals surface area contributed by atoms with Crippen LogP contribution in [0.5, 0.6) is 0 Å². The lowest BCUT2D eigenvalue weighted by Crippen LogP contribution is -2.37.